The molecule has 0 saturated carbocycles. The fourth-order valence-electron chi connectivity index (χ4n) is 1.21. The third-order valence-corrected chi connectivity index (χ3v) is 2.40. The number of H-pyrrole nitrogens is 1. The van der Waals surface area contributed by atoms with Gasteiger partial charge in [-0.1, -0.05) is 0 Å². The number of aromatic amines is 1. The number of ether oxygens (including phenoxy) is 1. The number of aromatic nitrogens is 4. The molecule has 0 atom stereocenters. The Morgan fingerprint density at radius 1 is 1.41 bits per heavy atom. The molecule has 0 unspecified atom stereocenters. The van der Waals surface area contributed by atoms with Crippen molar-refractivity contribution >= 4 is 17.3 Å². The molecule has 0 aliphatic carbocycles. The topological polar surface area (TPSA) is 80.8 Å². The van der Waals surface area contributed by atoms with E-state index in [-0.39, 0.29) is 5.69 Å². The van der Waals surface area contributed by atoms with Crippen LogP contribution in [-0.2, 0) is 4.74 Å². The van der Waals surface area contributed by atoms with E-state index in [1.54, 1.807) is 31.7 Å². The molecule has 17 heavy (non-hydrogen) atoms. The van der Waals surface area contributed by atoms with Crippen molar-refractivity contribution < 1.29 is 9.53 Å². The monoisotopic (exact) mass is 252 g/mol. The standard InChI is InChI=1S/C10H12N4O2S/c1-10(2,3)16-9(15)8-7(12-14-13-8)6-4-17-5-11-6/h4-5H,1-3H3,(H,12,13,14). The number of rotatable bonds is 2. The molecule has 2 rings (SSSR count). The largest absolute Gasteiger partial charge is 0.455 e. The Morgan fingerprint density at radius 2 is 2.18 bits per heavy atom. The maximum Gasteiger partial charge on any atom is 0.361 e. The number of carbonyl (C=O) groups is 1. The molecule has 0 amide bonds. The first kappa shape index (κ1) is 11.7. The van der Waals surface area contributed by atoms with E-state index >= 15 is 0 Å². The lowest BCUT2D eigenvalue weighted by atomic mass is 10.2. The summed E-state index contributed by atoms with van der Waals surface area (Å²) in [5.74, 6) is -0.505. The highest BCUT2D eigenvalue weighted by Gasteiger charge is 2.24. The molecular weight excluding hydrogens is 240 g/mol. The summed E-state index contributed by atoms with van der Waals surface area (Å²) in [5, 5.41) is 11.9. The Hall–Kier alpha value is -1.76. The van der Waals surface area contributed by atoms with Gasteiger partial charge in [-0.2, -0.15) is 10.3 Å². The summed E-state index contributed by atoms with van der Waals surface area (Å²) >= 11 is 1.43. The summed E-state index contributed by atoms with van der Waals surface area (Å²) in [4.78, 5) is 16.0. The SMILES string of the molecule is CC(C)(C)OC(=O)c1n[nH]nc1-c1cscn1. The van der Waals surface area contributed by atoms with Crippen LogP contribution in [0, 0.1) is 0 Å². The van der Waals surface area contributed by atoms with Gasteiger partial charge in [0, 0.05) is 5.38 Å². The summed E-state index contributed by atoms with van der Waals surface area (Å²) in [6.07, 6.45) is 0. The highest BCUT2D eigenvalue weighted by molar-refractivity contribution is 7.07. The Morgan fingerprint density at radius 3 is 2.76 bits per heavy atom. The number of nitrogens with zero attached hydrogens (tertiary/aromatic N) is 3. The molecule has 0 bridgehead atoms. The fourth-order valence-corrected chi connectivity index (χ4v) is 1.74. The molecule has 0 saturated heterocycles. The smallest absolute Gasteiger partial charge is 0.361 e. The minimum Gasteiger partial charge on any atom is -0.455 e. The first-order valence-corrected chi connectivity index (χ1v) is 5.94. The molecule has 1 N–H and O–H groups in total. The van der Waals surface area contributed by atoms with Crippen molar-refractivity contribution in [1.29, 1.82) is 0 Å². The molecule has 90 valence electrons. The predicted octanol–water partition coefficient (Wildman–Crippen LogP) is 1.88. The third-order valence-electron chi connectivity index (χ3n) is 1.82. The molecule has 0 aliphatic rings. The van der Waals surface area contributed by atoms with Crippen LogP contribution in [0.4, 0.5) is 0 Å². The van der Waals surface area contributed by atoms with E-state index in [9.17, 15) is 4.79 Å². The van der Waals surface area contributed by atoms with Gasteiger partial charge in [0.05, 0.1) is 5.51 Å². The van der Waals surface area contributed by atoms with E-state index in [0.717, 1.165) is 0 Å². The van der Waals surface area contributed by atoms with Gasteiger partial charge in [-0.15, -0.1) is 16.4 Å². The van der Waals surface area contributed by atoms with Crippen molar-refractivity contribution in [2.45, 2.75) is 26.4 Å². The van der Waals surface area contributed by atoms with Gasteiger partial charge in [0.15, 0.2) is 5.69 Å². The fraction of sp³-hybridized carbons (Fsp3) is 0.400. The number of hydrogen-bond acceptors (Lipinski definition) is 6. The van der Waals surface area contributed by atoms with Crippen molar-refractivity contribution in [1.82, 2.24) is 20.4 Å². The van der Waals surface area contributed by atoms with Gasteiger partial charge in [0.25, 0.3) is 0 Å². The van der Waals surface area contributed by atoms with Gasteiger partial charge in [-0.25, -0.2) is 9.78 Å². The first-order chi connectivity index (χ1) is 7.97. The highest BCUT2D eigenvalue weighted by atomic mass is 32.1. The molecule has 0 aliphatic heterocycles. The molecule has 6 nitrogen and oxygen atoms in total. The van der Waals surface area contributed by atoms with Crippen molar-refractivity contribution in [3.05, 3.63) is 16.6 Å². The minimum absolute atomic E-state index is 0.158. The molecule has 2 aromatic rings. The third kappa shape index (κ3) is 2.68. The molecule has 0 fully saturated rings. The van der Waals surface area contributed by atoms with Crippen LogP contribution in [0.25, 0.3) is 11.4 Å². The van der Waals surface area contributed by atoms with E-state index in [1.807, 2.05) is 0 Å². The van der Waals surface area contributed by atoms with Gasteiger partial charge in [-0.05, 0) is 20.8 Å². The van der Waals surface area contributed by atoms with Crippen molar-refractivity contribution in [3.63, 3.8) is 0 Å². The van der Waals surface area contributed by atoms with Crippen LogP contribution in [-0.4, -0.2) is 32.0 Å². The lowest BCUT2D eigenvalue weighted by Gasteiger charge is -2.18. The average Bonchev–Trinajstić information content (AvgIpc) is 2.85. The second-order valence-electron chi connectivity index (χ2n) is 4.40. The Balaban J connectivity index is 2.29. The second-order valence-corrected chi connectivity index (χ2v) is 5.12. The van der Waals surface area contributed by atoms with Crippen LogP contribution in [0.3, 0.4) is 0 Å². The highest BCUT2D eigenvalue weighted by Crippen LogP contribution is 2.21. The zero-order chi connectivity index (χ0) is 12.5. The zero-order valence-corrected chi connectivity index (χ0v) is 10.5. The number of thiazole rings is 1. The molecule has 7 heteroatoms. The van der Waals surface area contributed by atoms with Gasteiger partial charge in [0.2, 0.25) is 0 Å². The van der Waals surface area contributed by atoms with Crippen LogP contribution in [0.15, 0.2) is 10.9 Å². The van der Waals surface area contributed by atoms with Gasteiger partial charge < -0.3 is 4.74 Å². The maximum atomic E-state index is 11.9. The summed E-state index contributed by atoms with van der Waals surface area (Å²) in [5.41, 5.74) is 2.30. The normalized spacial score (nSPS) is 11.5. The Bertz CT molecular complexity index is 513. The van der Waals surface area contributed by atoms with Crippen LogP contribution >= 0.6 is 11.3 Å². The minimum atomic E-state index is -0.560. The van der Waals surface area contributed by atoms with Crippen molar-refractivity contribution in [2.75, 3.05) is 0 Å². The molecule has 2 aromatic heterocycles. The molecule has 0 spiro atoms. The maximum absolute atomic E-state index is 11.9. The lowest BCUT2D eigenvalue weighted by molar-refractivity contribution is 0.00637. The van der Waals surface area contributed by atoms with Crippen LogP contribution < -0.4 is 0 Å². The first-order valence-electron chi connectivity index (χ1n) is 5.00. The number of nitrogens with one attached hydrogen (secondary N) is 1. The average molecular weight is 252 g/mol. The van der Waals surface area contributed by atoms with Gasteiger partial charge >= 0.3 is 5.97 Å². The van der Waals surface area contributed by atoms with E-state index in [4.69, 9.17) is 4.74 Å². The molecule has 0 radical (unpaired) electrons. The lowest BCUT2D eigenvalue weighted by Crippen LogP contribution is -2.24. The Labute approximate surface area is 102 Å². The van der Waals surface area contributed by atoms with Gasteiger partial charge in [-0.3, -0.25) is 0 Å². The van der Waals surface area contributed by atoms with Crippen molar-refractivity contribution in [3.8, 4) is 11.4 Å². The number of hydrogen-bond donors (Lipinski definition) is 1. The van der Waals surface area contributed by atoms with E-state index in [0.29, 0.717) is 11.4 Å². The molecule has 0 aromatic carbocycles. The summed E-state index contributed by atoms with van der Waals surface area (Å²) in [6.45, 7) is 5.40. The number of carbonyl (C=O) groups excluding carboxylic acids is 1. The Kier molecular flexibility index (Phi) is 2.93. The van der Waals surface area contributed by atoms with E-state index < -0.39 is 11.6 Å². The van der Waals surface area contributed by atoms with Crippen molar-refractivity contribution in [2.24, 2.45) is 0 Å². The second kappa shape index (κ2) is 4.25. The molecule has 2 heterocycles. The van der Waals surface area contributed by atoms with E-state index in [2.05, 4.69) is 20.4 Å². The van der Waals surface area contributed by atoms with Crippen LogP contribution in [0.2, 0.25) is 0 Å². The number of esters is 1. The van der Waals surface area contributed by atoms with Gasteiger partial charge in [0.1, 0.15) is 17.0 Å². The summed E-state index contributed by atoms with van der Waals surface area (Å²) in [6, 6.07) is 0. The molecular formula is C10H12N4O2S. The summed E-state index contributed by atoms with van der Waals surface area (Å²) < 4.78 is 5.23. The summed E-state index contributed by atoms with van der Waals surface area (Å²) in [7, 11) is 0. The zero-order valence-electron chi connectivity index (χ0n) is 9.72. The van der Waals surface area contributed by atoms with E-state index in [1.165, 1.54) is 11.3 Å². The predicted molar refractivity (Wildman–Crippen MR) is 62.7 cm³/mol. The van der Waals surface area contributed by atoms with Crippen LogP contribution in [0.5, 0.6) is 0 Å². The quantitative estimate of drug-likeness (QED) is 0.825. The van der Waals surface area contributed by atoms with Crippen LogP contribution in [0.1, 0.15) is 31.3 Å².